The SMILES string of the molecule is O=C=N[P+](N=C=O)(N=C=O)Sc1ccccc1. The highest BCUT2D eigenvalue weighted by Gasteiger charge is 2.44. The fourth-order valence-corrected chi connectivity index (χ4v) is 3.93. The summed E-state index contributed by atoms with van der Waals surface area (Å²) < 4.78 is 10.0. The zero-order chi connectivity index (χ0) is 12.6. The van der Waals surface area contributed by atoms with Gasteiger partial charge in [0.05, 0.1) is 4.90 Å². The highest BCUT2D eigenvalue weighted by molar-refractivity contribution is 8.61. The van der Waals surface area contributed by atoms with Crippen LogP contribution in [0.3, 0.4) is 0 Å². The smallest absolute Gasteiger partial charge is 0.208 e. The second-order valence-corrected chi connectivity index (χ2v) is 6.79. The average Bonchev–Trinajstić information content (AvgIpc) is 2.31. The van der Waals surface area contributed by atoms with Crippen LogP contribution < -0.4 is 0 Å². The van der Waals surface area contributed by atoms with Gasteiger partial charge in [-0.3, -0.25) is 0 Å². The van der Waals surface area contributed by atoms with Crippen LogP contribution in [0.5, 0.6) is 0 Å². The molecule has 1 rings (SSSR count). The van der Waals surface area contributed by atoms with E-state index in [1.807, 2.05) is 0 Å². The summed E-state index contributed by atoms with van der Waals surface area (Å²) in [7, 11) is 0. The van der Waals surface area contributed by atoms with Crippen molar-refractivity contribution in [2.24, 2.45) is 14.3 Å². The van der Waals surface area contributed by atoms with Gasteiger partial charge in [0.1, 0.15) is 11.4 Å². The molecular weight excluding hydrogens is 261 g/mol. The molecular formula is C9H5N3O3PS+. The fraction of sp³-hybridized carbons (Fsp3) is 0. The Hall–Kier alpha value is -1.86. The molecule has 84 valence electrons. The molecule has 0 amide bonds. The highest BCUT2D eigenvalue weighted by atomic mass is 32.7. The molecule has 1 aromatic rings. The van der Waals surface area contributed by atoms with Crippen LogP contribution in [-0.2, 0) is 14.4 Å². The zero-order valence-electron chi connectivity index (χ0n) is 8.31. The monoisotopic (exact) mass is 266 g/mol. The first-order valence-electron chi connectivity index (χ1n) is 4.18. The Balaban J connectivity index is 3.18. The third kappa shape index (κ3) is 3.89. The van der Waals surface area contributed by atoms with Gasteiger partial charge in [-0.2, -0.15) is 0 Å². The molecule has 6 nitrogen and oxygen atoms in total. The summed E-state index contributed by atoms with van der Waals surface area (Å²) in [4.78, 5) is 31.6. The Labute approximate surface area is 101 Å². The van der Waals surface area contributed by atoms with Crippen molar-refractivity contribution in [1.29, 1.82) is 0 Å². The molecule has 0 fully saturated rings. The first-order valence-corrected chi connectivity index (χ1v) is 7.25. The zero-order valence-corrected chi connectivity index (χ0v) is 10.0. The van der Waals surface area contributed by atoms with Gasteiger partial charge in [-0.15, -0.1) is 0 Å². The van der Waals surface area contributed by atoms with E-state index in [1.165, 1.54) is 18.2 Å². The van der Waals surface area contributed by atoms with E-state index in [4.69, 9.17) is 0 Å². The Morgan fingerprint density at radius 3 is 1.76 bits per heavy atom. The lowest BCUT2D eigenvalue weighted by Crippen LogP contribution is -1.78. The standard InChI is InChI=1S/C9H5N3O3PS/c13-6-10-16(11-7-14,12-8-15)17-9-4-2-1-3-5-9/h1-5H/q+1. The van der Waals surface area contributed by atoms with E-state index >= 15 is 0 Å². The second kappa shape index (κ2) is 6.66. The van der Waals surface area contributed by atoms with E-state index in [9.17, 15) is 14.4 Å². The van der Waals surface area contributed by atoms with Gasteiger partial charge in [0, 0.05) is 14.3 Å². The lowest BCUT2D eigenvalue weighted by molar-refractivity contribution is 0.566. The molecule has 0 radical (unpaired) electrons. The number of benzene rings is 1. The molecule has 0 aromatic heterocycles. The van der Waals surface area contributed by atoms with E-state index < -0.39 is 6.92 Å². The topological polar surface area (TPSA) is 88.3 Å². The summed E-state index contributed by atoms with van der Waals surface area (Å²) in [5.74, 6) is 0. The van der Waals surface area contributed by atoms with Gasteiger partial charge >= 0.3 is 6.92 Å². The van der Waals surface area contributed by atoms with Crippen molar-refractivity contribution in [2.45, 2.75) is 4.90 Å². The van der Waals surface area contributed by atoms with Crippen molar-refractivity contribution in [3.63, 3.8) is 0 Å². The number of carbonyl (C=O) groups excluding carboxylic acids is 3. The minimum absolute atomic E-state index is 0.665. The molecule has 17 heavy (non-hydrogen) atoms. The summed E-state index contributed by atoms with van der Waals surface area (Å²) in [5.41, 5.74) is 0. The number of hydrogen-bond donors (Lipinski definition) is 0. The summed E-state index contributed by atoms with van der Waals surface area (Å²) in [6, 6.07) is 8.70. The summed E-state index contributed by atoms with van der Waals surface area (Å²) in [6.45, 7) is -3.20. The molecule has 0 aliphatic carbocycles. The third-order valence-electron chi connectivity index (χ3n) is 1.48. The van der Waals surface area contributed by atoms with Crippen molar-refractivity contribution >= 4 is 36.5 Å². The minimum Gasteiger partial charge on any atom is -0.208 e. The predicted octanol–water partition coefficient (Wildman–Crippen LogP) is 2.46. The third-order valence-corrected chi connectivity index (χ3v) is 5.34. The van der Waals surface area contributed by atoms with Crippen LogP contribution in [0.4, 0.5) is 0 Å². The van der Waals surface area contributed by atoms with E-state index in [0.717, 1.165) is 11.4 Å². The highest BCUT2D eigenvalue weighted by Crippen LogP contribution is 2.75. The molecule has 8 heteroatoms. The second-order valence-electron chi connectivity index (χ2n) is 2.49. The van der Waals surface area contributed by atoms with Crippen LogP contribution in [0.15, 0.2) is 49.5 Å². The minimum atomic E-state index is -3.20. The maximum absolute atomic E-state index is 10.3. The number of hydrogen-bond acceptors (Lipinski definition) is 7. The number of rotatable bonds is 5. The molecule has 0 heterocycles. The lowest BCUT2D eigenvalue weighted by atomic mass is 10.4. The van der Waals surface area contributed by atoms with Crippen molar-refractivity contribution < 1.29 is 14.4 Å². The molecule has 0 unspecified atom stereocenters. The van der Waals surface area contributed by atoms with E-state index in [1.54, 1.807) is 30.3 Å². The molecule has 0 saturated heterocycles. The van der Waals surface area contributed by atoms with Crippen molar-refractivity contribution in [3.8, 4) is 0 Å². The number of isocyanates is 3. The largest absolute Gasteiger partial charge is 0.468 e. The Kier molecular flexibility index (Phi) is 5.18. The van der Waals surface area contributed by atoms with E-state index in [-0.39, 0.29) is 0 Å². The van der Waals surface area contributed by atoms with Crippen LogP contribution in [0.25, 0.3) is 0 Å². The van der Waals surface area contributed by atoms with Gasteiger partial charge in [0.25, 0.3) is 18.2 Å². The average molecular weight is 266 g/mol. The van der Waals surface area contributed by atoms with Crippen LogP contribution in [0.2, 0.25) is 0 Å². The Morgan fingerprint density at radius 1 is 0.882 bits per heavy atom. The van der Waals surface area contributed by atoms with Gasteiger partial charge < -0.3 is 0 Å². The van der Waals surface area contributed by atoms with Crippen molar-refractivity contribution in [3.05, 3.63) is 30.3 Å². The lowest BCUT2D eigenvalue weighted by Gasteiger charge is -2.01. The molecule has 0 aliphatic rings. The van der Waals surface area contributed by atoms with Crippen molar-refractivity contribution in [2.75, 3.05) is 0 Å². The molecule has 0 atom stereocenters. The molecule has 0 aliphatic heterocycles. The fourth-order valence-electron chi connectivity index (χ4n) is 0.911. The van der Waals surface area contributed by atoms with E-state index in [0.29, 0.717) is 4.90 Å². The summed E-state index contributed by atoms with van der Waals surface area (Å²) in [6.07, 6.45) is 3.77. The normalized spacial score (nSPS) is 12.2. The predicted molar refractivity (Wildman–Crippen MR) is 63.6 cm³/mol. The van der Waals surface area contributed by atoms with Crippen LogP contribution in [-0.4, -0.2) is 18.2 Å². The van der Waals surface area contributed by atoms with Crippen LogP contribution >= 0.6 is 18.3 Å². The molecule has 0 bridgehead atoms. The first kappa shape index (κ1) is 13.2. The van der Waals surface area contributed by atoms with E-state index in [2.05, 4.69) is 14.3 Å². The van der Waals surface area contributed by atoms with Crippen molar-refractivity contribution in [1.82, 2.24) is 0 Å². The van der Waals surface area contributed by atoms with Gasteiger partial charge in [0.2, 0.25) is 0 Å². The van der Waals surface area contributed by atoms with Gasteiger partial charge in [-0.05, 0) is 12.1 Å². The van der Waals surface area contributed by atoms with Crippen LogP contribution in [0.1, 0.15) is 0 Å². The summed E-state index contributed by atoms with van der Waals surface area (Å²) in [5, 5.41) is 0. The molecule has 1 aromatic carbocycles. The quantitative estimate of drug-likeness (QED) is 0.465. The summed E-state index contributed by atoms with van der Waals surface area (Å²) >= 11 is 0.934. The number of nitrogens with zero attached hydrogens (tertiary/aromatic N) is 3. The maximum atomic E-state index is 10.3. The Bertz CT molecular complexity index is 486. The molecule has 0 N–H and O–H groups in total. The van der Waals surface area contributed by atoms with Gasteiger partial charge in [0.15, 0.2) is 0 Å². The van der Waals surface area contributed by atoms with Crippen LogP contribution in [0, 0.1) is 0 Å². The molecule has 0 spiro atoms. The Morgan fingerprint density at radius 2 is 1.35 bits per heavy atom. The van der Waals surface area contributed by atoms with Gasteiger partial charge in [-0.25, -0.2) is 14.4 Å². The molecule has 0 saturated carbocycles. The maximum Gasteiger partial charge on any atom is 0.468 e. The van der Waals surface area contributed by atoms with Gasteiger partial charge in [-0.1, -0.05) is 18.2 Å². The first-order chi connectivity index (χ1) is 8.26.